The summed E-state index contributed by atoms with van der Waals surface area (Å²) in [7, 11) is 1.43. The van der Waals surface area contributed by atoms with Gasteiger partial charge in [0.05, 0.1) is 6.26 Å². The topological polar surface area (TPSA) is 71.7 Å². The second-order valence-corrected chi connectivity index (χ2v) is 7.04. The zero-order valence-electron chi connectivity index (χ0n) is 16.4. The third-order valence-electron chi connectivity index (χ3n) is 5.34. The molecule has 148 valence electrons. The van der Waals surface area contributed by atoms with Crippen LogP contribution in [0.3, 0.4) is 0 Å². The molecule has 4 rings (SSSR count). The Balaban J connectivity index is 1.87. The molecule has 5 heteroatoms. The van der Waals surface area contributed by atoms with E-state index in [0.29, 0.717) is 16.8 Å². The minimum absolute atomic E-state index is 0.375. The fourth-order valence-electron chi connectivity index (χ4n) is 3.89. The zero-order valence-corrected chi connectivity index (χ0v) is 16.4. The number of furan rings is 1. The molecule has 2 atom stereocenters. The number of nitrogens with one attached hydrogen (secondary N) is 1. The number of amides is 1. The molecule has 1 aliphatic rings. The van der Waals surface area contributed by atoms with E-state index in [4.69, 9.17) is 9.15 Å². The summed E-state index contributed by atoms with van der Waals surface area (Å²) in [6, 6.07) is 18.6. The number of fused-ring (bicyclic) bond motifs is 1. The molecule has 0 saturated heterocycles. The Labute approximate surface area is 169 Å². The van der Waals surface area contributed by atoms with Crippen LogP contribution in [-0.2, 0) is 15.1 Å². The summed E-state index contributed by atoms with van der Waals surface area (Å²) < 4.78 is 11.0. The number of aliphatic hydroxyl groups is 1. The highest BCUT2D eigenvalue weighted by atomic mass is 16.5. The number of hydrogen-bond donors (Lipinski definition) is 2. The van der Waals surface area contributed by atoms with E-state index in [1.807, 2.05) is 54.6 Å². The molecule has 0 bridgehead atoms. The normalized spacial score (nSPS) is 21.6. The molecule has 1 aliphatic heterocycles. The number of benzene rings is 2. The summed E-state index contributed by atoms with van der Waals surface area (Å²) >= 11 is 0. The number of allylic oxidation sites excluding steroid dienone is 1. The van der Waals surface area contributed by atoms with Gasteiger partial charge < -0.3 is 19.6 Å². The first-order valence-corrected chi connectivity index (χ1v) is 9.58. The highest BCUT2D eigenvalue weighted by Crippen LogP contribution is 2.43. The molecule has 29 heavy (non-hydrogen) atoms. The SMILES string of the molecule is CC/C(=C\c1ccc2c(c1)C(O)(c1ccccc1)C(OC)C(=O)N2)c1ccco1. The van der Waals surface area contributed by atoms with Gasteiger partial charge in [-0.3, -0.25) is 4.79 Å². The van der Waals surface area contributed by atoms with Crippen molar-refractivity contribution in [1.82, 2.24) is 0 Å². The Morgan fingerprint density at radius 2 is 2.00 bits per heavy atom. The second-order valence-electron chi connectivity index (χ2n) is 7.04. The quantitative estimate of drug-likeness (QED) is 0.677. The molecule has 2 unspecified atom stereocenters. The maximum Gasteiger partial charge on any atom is 0.257 e. The van der Waals surface area contributed by atoms with Gasteiger partial charge in [0.25, 0.3) is 5.91 Å². The first kappa shape index (κ1) is 19.2. The summed E-state index contributed by atoms with van der Waals surface area (Å²) in [5, 5.41) is 14.6. The first-order chi connectivity index (χ1) is 14.1. The number of hydrogen-bond acceptors (Lipinski definition) is 4. The van der Waals surface area contributed by atoms with Gasteiger partial charge in [-0.15, -0.1) is 0 Å². The molecule has 0 saturated carbocycles. The summed E-state index contributed by atoms with van der Waals surface area (Å²) in [4.78, 5) is 12.6. The molecule has 0 radical (unpaired) electrons. The van der Waals surface area contributed by atoms with Crippen LogP contribution < -0.4 is 5.32 Å². The van der Waals surface area contributed by atoms with Gasteiger partial charge in [-0.1, -0.05) is 43.3 Å². The van der Waals surface area contributed by atoms with Crippen molar-refractivity contribution in [3.05, 3.63) is 89.4 Å². The molecule has 2 N–H and O–H groups in total. The van der Waals surface area contributed by atoms with Crippen LogP contribution >= 0.6 is 0 Å². The zero-order chi connectivity index (χ0) is 20.4. The number of rotatable bonds is 5. The fraction of sp³-hybridized carbons (Fsp3) is 0.208. The summed E-state index contributed by atoms with van der Waals surface area (Å²) in [6.07, 6.45) is 3.42. The third-order valence-corrected chi connectivity index (χ3v) is 5.34. The van der Waals surface area contributed by atoms with Gasteiger partial charge in [-0.05, 0) is 53.5 Å². The molecule has 2 heterocycles. The van der Waals surface area contributed by atoms with E-state index >= 15 is 0 Å². The summed E-state index contributed by atoms with van der Waals surface area (Å²) in [5.74, 6) is 0.436. The molecule has 5 nitrogen and oxygen atoms in total. The lowest BCUT2D eigenvalue weighted by Gasteiger charge is -2.40. The van der Waals surface area contributed by atoms with Crippen LogP contribution in [0.2, 0.25) is 0 Å². The van der Waals surface area contributed by atoms with Crippen LogP contribution in [0, 0.1) is 0 Å². The van der Waals surface area contributed by atoms with Crippen molar-refractivity contribution in [2.75, 3.05) is 12.4 Å². The highest BCUT2D eigenvalue weighted by Gasteiger charge is 2.49. The molecule has 1 amide bonds. The maximum atomic E-state index is 12.6. The van der Waals surface area contributed by atoms with Crippen molar-refractivity contribution in [3.8, 4) is 0 Å². The Hall–Kier alpha value is -3.15. The molecule has 2 aromatic carbocycles. The van der Waals surface area contributed by atoms with E-state index in [1.54, 1.807) is 18.4 Å². The molecule has 1 aromatic heterocycles. The van der Waals surface area contributed by atoms with E-state index < -0.39 is 11.7 Å². The van der Waals surface area contributed by atoms with Crippen molar-refractivity contribution in [2.45, 2.75) is 25.0 Å². The minimum Gasteiger partial charge on any atom is -0.465 e. The van der Waals surface area contributed by atoms with E-state index in [0.717, 1.165) is 23.3 Å². The van der Waals surface area contributed by atoms with Gasteiger partial charge in [0.1, 0.15) is 5.76 Å². The molecule has 3 aromatic rings. The Morgan fingerprint density at radius 3 is 2.66 bits per heavy atom. The van der Waals surface area contributed by atoms with Crippen LogP contribution in [-0.4, -0.2) is 24.2 Å². The molecule has 0 spiro atoms. The minimum atomic E-state index is -1.60. The predicted molar refractivity (Wildman–Crippen MR) is 112 cm³/mol. The number of anilines is 1. The second kappa shape index (κ2) is 7.70. The van der Waals surface area contributed by atoms with Crippen molar-refractivity contribution >= 4 is 23.2 Å². The van der Waals surface area contributed by atoms with Gasteiger partial charge >= 0.3 is 0 Å². The lowest BCUT2D eigenvalue weighted by atomic mass is 9.77. The van der Waals surface area contributed by atoms with Crippen LogP contribution in [0.5, 0.6) is 0 Å². The van der Waals surface area contributed by atoms with E-state index in [1.165, 1.54) is 7.11 Å². The Morgan fingerprint density at radius 1 is 1.21 bits per heavy atom. The van der Waals surface area contributed by atoms with Gasteiger partial charge in [0.15, 0.2) is 11.7 Å². The van der Waals surface area contributed by atoms with E-state index in [-0.39, 0.29) is 5.91 Å². The molecular weight excluding hydrogens is 366 g/mol. The van der Waals surface area contributed by atoms with Crippen molar-refractivity contribution in [2.24, 2.45) is 0 Å². The van der Waals surface area contributed by atoms with Crippen LogP contribution in [0.15, 0.2) is 71.3 Å². The standard InChI is InChI=1S/C24H23NO4/c1-3-17(21-10-7-13-29-21)14-16-11-12-20-19(15-16)24(27,18-8-5-4-6-9-18)22(28-2)23(26)25-20/h4-15,22,27H,3H2,1-2H3,(H,25,26)/b17-14+. The fourth-order valence-corrected chi connectivity index (χ4v) is 3.89. The average Bonchev–Trinajstić information content (AvgIpc) is 3.28. The number of ether oxygens (including phenoxy) is 1. The van der Waals surface area contributed by atoms with Gasteiger partial charge in [0.2, 0.25) is 0 Å². The molecule has 0 aliphatic carbocycles. The number of carbonyl (C=O) groups excluding carboxylic acids is 1. The summed E-state index contributed by atoms with van der Waals surface area (Å²) in [5.41, 5.74) is 2.11. The maximum absolute atomic E-state index is 12.6. The monoisotopic (exact) mass is 389 g/mol. The van der Waals surface area contributed by atoms with Crippen LogP contribution in [0.4, 0.5) is 5.69 Å². The largest absolute Gasteiger partial charge is 0.465 e. The smallest absolute Gasteiger partial charge is 0.257 e. The third kappa shape index (κ3) is 3.28. The van der Waals surface area contributed by atoms with E-state index in [9.17, 15) is 9.90 Å². The summed E-state index contributed by atoms with van der Waals surface area (Å²) in [6.45, 7) is 2.06. The van der Waals surface area contributed by atoms with Crippen LogP contribution in [0.25, 0.3) is 11.6 Å². The first-order valence-electron chi connectivity index (χ1n) is 9.58. The lowest BCUT2D eigenvalue weighted by Crippen LogP contribution is -2.52. The Kier molecular flexibility index (Phi) is 5.09. The van der Waals surface area contributed by atoms with Gasteiger partial charge in [0, 0.05) is 18.4 Å². The van der Waals surface area contributed by atoms with E-state index in [2.05, 4.69) is 12.2 Å². The molecular formula is C24H23NO4. The highest BCUT2D eigenvalue weighted by molar-refractivity contribution is 6.00. The van der Waals surface area contributed by atoms with Crippen molar-refractivity contribution < 1.29 is 19.1 Å². The lowest BCUT2D eigenvalue weighted by molar-refractivity contribution is -0.142. The van der Waals surface area contributed by atoms with Crippen molar-refractivity contribution in [1.29, 1.82) is 0 Å². The average molecular weight is 389 g/mol. The van der Waals surface area contributed by atoms with Gasteiger partial charge in [-0.25, -0.2) is 0 Å². The van der Waals surface area contributed by atoms with Crippen LogP contribution in [0.1, 0.15) is 35.8 Å². The Bertz CT molecular complexity index is 1040. The number of carbonyl (C=O) groups is 1. The van der Waals surface area contributed by atoms with Crippen molar-refractivity contribution in [3.63, 3.8) is 0 Å². The number of methoxy groups -OCH3 is 1. The molecule has 0 fully saturated rings. The van der Waals surface area contributed by atoms with Gasteiger partial charge in [-0.2, -0.15) is 0 Å². The predicted octanol–water partition coefficient (Wildman–Crippen LogP) is 4.43.